The van der Waals surface area contributed by atoms with Crippen LogP contribution in [0.2, 0.25) is 5.02 Å². The molecule has 2 aromatic rings. The van der Waals surface area contributed by atoms with Crippen molar-refractivity contribution in [3.63, 3.8) is 0 Å². The predicted octanol–water partition coefficient (Wildman–Crippen LogP) is 3.89. The molecule has 0 saturated heterocycles. The summed E-state index contributed by atoms with van der Waals surface area (Å²) in [6.07, 6.45) is 3.99. The molecule has 0 aliphatic heterocycles. The van der Waals surface area contributed by atoms with Gasteiger partial charge in [0.05, 0.1) is 5.02 Å². The summed E-state index contributed by atoms with van der Waals surface area (Å²) in [5.41, 5.74) is 1.10. The normalized spacial score (nSPS) is 10.3. The largest absolute Gasteiger partial charge is 0.324 e. The van der Waals surface area contributed by atoms with Gasteiger partial charge < -0.3 is 4.57 Å². The van der Waals surface area contributed by atoms with Gasteiger partial charge >= 0.3 is 0 Å². The van der Waals surface area contributed by atoms with Crippen molar-refractivity contribution in [3.8, 4) is 5.69 Å². The Morgan fingerprint density at radius 1 is 1.15 bits per heavy atom. The van der Waals surface area contributed by atoms with Crippen molar-refractivity contribution in [1.82, 2.24) is 4.57 Å². The number of aromatic nitrogens is 1. The van der Waals surface area contributed by atoms with E-state index in [0.29, 0.717) is 0 Å². The fourth-order valence-electron chi connectivity index (χ4n) is 1.15. The maximum Gasteiger partial charge on any atom is 0.0549 e. The third-order valence-corrected chi connectivity index (χ3v) is 3.02. The second-order valence-electron chi connectivity index (χ2n) is 2.69. The molecule has 0 aliphatic carbocycles. The molecule has 1 heterocycles. The summed E-state index contributed by atoms with van der Waals surface area (Å²) in [7, 11) is 0. The van der Waals surface area contributed by atoms with E-state index >= 15 is 0 Å². The lowest BCUT2D eigenvalue weighted by atomic mass is 10.3. The van der Waals surface area contributed by atoms with Crippen LogP contribution in [0.4, 0.5) is 0 Å². The molecule has 0 unspecified atom stereocenters. The maximum atomic E-state index is 5.89. The number of halogens is 2. The Morgan fingerprint density at radius 3 is 2.46 bits per heavy atom. The van der Waals surface area contributed by atoms with Crippen molar-refractivity contribution < 1.29 is 0 Å². The molecule has 66 valence electrons. The van der Waals surface area contributed by atoms with Crippen molar-refractivity contribution in [2.75, 3.05) is 0 Å². The van der Waals surface area contributed by atoms with Crippen molar-refractivity contribution in [3.05, 3.63) is 52.2 Å². The standard InChI is InChI=1S/C10H7BrClN/c11-9-7-8(3-4-10(9)12)13-5-1-2-6-13/h1-7H. The summed E-state index contributed by atoms with van der Waals surface area (Å²) in [6, 6.07) is 9.82. The summed E-state index contributed by atoms with van der Waals surface area (Å²) in [5.74, 6) is 0. The molecule has 1 aromatic heterocycles. The topological polar surface area (TPSA) is 4.93 Å². The highest BCUT2D eigenvalue weighted by Gasteiger charge is 1.99. The molecule has 1 aromatic carbocycles. The number of nitrogens with zero attached hydrogens (tertiary/aromatic N) is 1. The molecule has 2 rings (SSSR count). The fraction of sp³-hybridized carbons (Fsp3) is 0. The lowest BCUT2D eigenvalue weighted by Crippen LogP contribution is -1.88. The molecule has 0 N–H and O–H groups in total. The van der Waals surface area contributed by atoms with Gasteiger partial charge in [-0.25, -0.2) is 0 Å². The van der Waals surface area contributed by atoms with E-state index in [4.69, 9.17) is 11.6 Å². The van der Waals surface area contributed by atoms with Crippen LogP contribution in [0.25, 0.3) is 5.69 Å². The summed E-state index contributed by atoms with van der Waals surface area (Å²) in [5, 5.41) is 0.732. The Balaban J connectivity index is 2.49. The van der Waals surface area contributed by atoms with E-state index in [1.165, 1.54) is 0 Å². The van der Waals surface area contributed by atoms with Crippen LogP contribution in [0.1, 0.15) is 0 Å². The molecule has 0 radical (unpaired) electrons. The third-order valence-electron chi connectivity index (χ3n) is 1.81. The van der Waals surface area contributed by atoms with Crippen molar-refractivity contribution >= 4 is 27.5 Å². The zero-order chi connectivity index (χ0) is 9.26. The Kier molecular flexibility index (Phi) is 2.42. The minimum atomic E-state index is 0.732. The second-order valence-corrected chi connectivity index (χ2v) is 3.95. The lowest BCUT2D eigenvalue weighted by molar-refractivity contribution is 1.08. The zero-order valence-corrected chi connectivity index (χ0v) is 9.09. The highest BCUT2D eigenvalue weighted by Crippen LogP contribution is 2.24. The van der Waals surface area contributed by atoms with Crippen LogP contribution in [0.3, 0.4) is 0 Å². The van der Waals surface area contributed by atoms with Crippen LogP contribution in [-0.2, 0) is 0 Å². The average Bonchev–Trinajstić information content (AvgIpc) is 2.62. The summed E-state index contributed by atoms with van der Waals surface area (Å²) < 4.78 is 2.95. The van der Waals surface area contributed by atoms with Crippen molar-refractivity contribution in [2.24, 2.45) is 0 Å². The van der Waals surface area contributed by atoms with Gasteiger partial charge in [0.2, 0.25) is 0 Å². The summed E-state index contributed by atoms with van der Waals surface area (Å²) >= 11 is 9.27. The van der Waals surface area contributed by atoms with Crippen LogP contribution in [0.5, 0.6) is 0 Å². The fourth-order valence-corrected chi connectivity index (χ4v) is 1.64. The van der Waals surface area contributed by atoms with Crippen LogP contribution in [-0.4, -0.2) is 4.57 Å². The molecule has 0 saturated carbocycles. The van der Waals surface area contributed by atoms with Crippen LogP contribution in [0, 0.1) is 0 Å². The van der Waals surface area contributed by atoms with Crippen LogP contribution in [0.15, 0.2) is 47.2 Å². The highest BCUT2D eigenvalue weighted by molar-refractivity contribution is 9.10. The van der Waals surface area contributed by atoms with Crippen molar-refractivity contribution in [2.45, 2.75) is 0 Å². The number of rotatable bonds is 1. The van der Waals surface area contributed by atoms with Gasteiger partial charge in [-0.1, -0.05) is 11.6 Å². The number of hydrogen-bond donors (Lipinski definition) is 0. The molecule has 3 heteroatoms. The molecule has 0 fully saturated rings. The van der Waals surface area contributed by atoms with E-state index < -0.39 is 0 Å². The third kappa shape index (κ3) is 1.79. The SMILES string of the molecule is Clc1ccc(-n2cccc2)cc1Br. The van der Waals surface area contributed by atoms with E-state index in [1.54, 1.807) is 0 Å². The molecular formula is C10H7BrClN. The Bertz CT molecular complexity index is 409. The Labute approximate surface area is 90.1 Å². The number of hydrogen-bond acceptors (Lipinski definition) is 0. The Morgan fingerprint density at radius 2 is 1.85 bits per heavy atom. The summed E-state index contributed by atoms with van der Waals surface area (Å²) in [6.45, 7) is 0. The highest BCUT2D eigenvalue weighted by atomic mass is 79.9. The molecule has 0 spiro atoms. The van der Waals surface area contributed by atoms with E-state index in [1.807, 2.05) is 47.3 Å². The van der Waals surface area contributed by atoms with Crippen molar-refractivity contribution in [1.29, 1.82) is 0 Å². The lowest BCUT2D eigenvalue weighted by Gasteiger charge is -2.03. The van der Waals surface area contributed by atoms with Crippen LogP contribution < -0.4 is 0 Å². The summed E-state index contributed by atoms with van der Waals surface area (Å²) in [4.78, 5) is 0. The van der Waals surface area contributed by atoms with Crippen LogP contribution >= 0.6 is 27.5 Å². The molecule has 0 atom stereocenters. The Hall–Kier alpha value is -0.730. The van der Waals surface area contributed by atoms with E-state index in [2.05, 4.69) is 15.9 Å². The van der Waals surface area contributed by atoms with E-state index in [9.17, 15) is 0 Å². The molecule has 13 heavy (non-hydrogen) atoms. The van der Waals surface area contributed by atoms with Gasteiger partial charge in [0.15, 0.2) is 0 Å². The van der Waals surface area contributed by atoms with E-state index in [-0.39, 0.29) is 0 Å². The van der Waals surface area contributed by atoms with Gasteiger partial charge in [-0.15, -0.1) is 0 Å². The molecule has 0 amide bonds. The first-order valence-corrected chi connectivity index (χ1v) is 5.03. The smallest absolute Gasteiger partial charge is 0.0549 e. The van der Waals surface area contributed by atoms with Gasteiger partial charge in [0.1, 0.15) is 0 Å². The minimum absolute atomic E-state index is 0.732. The first kappa shape index (κ1) is 8.85. The second kappa shape index (κ2) is 3.56. The predicted molar refractivity (Wildman–Crippen MR) is 58.5 cm³/mol. The van der Waals surface area contributed by atoms with Gasteiger partial charge in [0.25, 0.3) is 0 Å². The first-order valence-electron chi connectivity index (χ1n) is 3.86. The zero-order valence-electron chi connectivity index (χ0n) is 6.74. The van der Waals surface area contributed by atoms with Gasteiger partial charge in [0, 0.05) is 22.6 Å². The van der Waals surface area contributed by atoms with E-state index in [0.717, 1.165) is 15.2 Å². The molecular weight excluding hydrogens is 249 g/mol. The monoisotopic (exact) mass is 255 g/mol. The molecule has 0 aliphatic rings. The molecule has 1 nitrogen and oxygen atoms in total. The maximum absolute atomic E-state index is 5.89. The minimum Gasteiger partial charge on any atom is -0.324 e. The average molecular weight is 257 g/mol. The van der Waals surface area contributed by atoms with Gasteiger partial charge in [-0.2, -0.15) is 0 Å². The quantitative estimate of drug-likeness (QED) is 0.729. The van der Waals surface area contributed by atoms with Gasteiger partial charge in [-0.05, 0) is 46.3 Å². The molecule has 0 bridgehead atoms. The van der Waals surface area contributed by atoms with Gasteiger partial charge in [-0.3, -0.25) is 0 Å². The number of benzene rings is 1. The first-order chi connectivity index (χ1) is 6.27.